The molecule has 5 nitrogen and oxygen atoms in total. The van der Waals surface area contributed by atoms with Crippen LogP contribution in [-0.2, 0) is 13.0 Å². The van der Waals surface area contributed by atoms with Crippen molar-refractivity contribution in [2.24, 2.45) is 0 Å². The van der Waals surface area contributed by atoms with Crippen LogP contribution in [0.2, 0.25) is 5.02 Å². The maximum Gasteiger partial charge on any atom is 0.413 e. The lowest BCUT2D eigenvalue weighted by Gasteiger charge is -2.31. The quantitative estimate of drug-likeness (QED) is 0.502. The van der Waals surface area contributed by atoms with Gasteiger partial charge in [0.25, 0.3) is 0 Å². The number of halogens is 1. The maximum atomic E-state index is 11.7. The summed E-state index contributed by atoms with van der Waals surface area (Å²) in [6, 6.07) is 15.4. The second kappa shape index (κ2) is 8.84. The Morgan fingerprint density at radius 1 is 1.21 bits per heavy atom. The van der Waals surface area contributed by atoms with Gasteiger partial charge in [-0.2, -0.15) is 0 Å². The van der Waals surface area contributed by atoms with Crippen LogP contribution in [0.5, 0.6) is 5.75 Å². The fourth-order valence-electron chi connectivity index (χ4n) is 2.94. The molecule has 7 heteroatoms. The van der Waals surface area contributed by atoms with E-state index in [0.717, 1.165) is 21.9 Å². The fourth-order valence-corrected chi connectivity index (χ4v) is 3.92. The van der Waals surface area contributed by atoms with Crippen molar-refractivity contribution < 1.29 is 14.6 Å². The molecule has 0 bridgehead atoms. The van der Waals surface area contributed by atoms with Gasteiger partial charge in [0.2, 0.25) is 0 Å². The Bertz CT molecular complexity index is 983. The topological polar surface area (TPSA) is 62.7 Å². The maximum absolute atomic E-state index is 11.7. The SMILES string of the molecule is CC(C)(C)N(C(=O)O)c1csc(Cc2cc(Cl)ccc2OCc2ccccc2)n1. The van der Waals surface area contributed by atoms with Crippen LogP contribution in [0.4, 0.5) is 10.6 Å². The third-order valence-corrected chi connectivity index (χ3v) is 5.30. The lowest BCUT2D eigenvalue weighted by molar-refractivity contribution is 0.195. The summed E-state index contributed by atoms with van der Waals surface area (Å²) in [6.45, 7) is 5.97. The number of rotatable bonds is 6. The van der Waals surface area contributed by atoms with Crippen LogP contribution in [0, 0.1) is 0 Å². The first kappa shape index (κ1) is 21.1. The number of anilines is 1. The van der Waals surface area contributed by atoms with Gasteiger partial charge in [0.15, 0.2) is 0 Å². The van der Waals surface area contributed by atoms with Gasteiger partial charge in [-0.1, -0.05) is 41.9 Å². The van der Waals surface area contributed by atoms with E-state index in [9.17, 15) is 9.90 Å². The predicted octanol–water partition coefficient (Wildman–Crippen LogP) is 6.25. The van der Waals surface area contributed by atoms with Crippen LogP contribution in [-0.4, -0.2) is 21.7 Å². The lowest BCUT2D eigenvalue weighted by Crippen LogP contribution is -2.45. The summed E-state index contributed by atoms with van der Waals surface area (Å²) in [7, 11) is 0. The molecule has 152 valence electrons. The Hall–Kier alpha value is -2.57. The van der Waals surface area contributed by atoms with E-state index in [4.69, 9.17) is 16.3 Å². The van der Waals surface area contributed by atoms with E-state index >= 15 is 0 Å². The molecule has 1 heterocycles. The zero-order valence-corrected chi connectivity index (χ0v) is 18.1. The molecule has 3 rings (SSSR count). The van der Waals surface area contributed by atoms with Crippen molar-refractivity contribution in [2.75, 3.05) is 4.90 Å². The minimum atomic E-state index is -1.02. The van der Waals surface area contributed by atoms with Crippen molar-refractivity contribution in [3.05, 3.63) is 75.1 Å². The Balaban J connectivity index is 1.80. The summed E-state index contributed by atoms with van der Waals surface area (Å²) in [6.07, 6.45) is -0.517. The Morgan fingerprint density at radius 3 is 2.59 bits per heavy atom. The molecule has 0 fully saturated rings. The van der Waals surface area contributed by atoms with Gasteiger partial charge in [-0.3, -0.25) is 4.90 Å². The molecule has 0 spiro atoms. The third-order valence-electron chi connectivity index (χ3n) is 4.23. The molecule has 0 radical (unpaired) electrons. The highest BCUT2D eigenvalue weighted by Gasteiger charge is 2.29. The minimum absolute atomic E-state index is 0.429. The van der Waals surface area contributed by atoms with Crippen LogP contribution in [0.15, 0.2) is 53.9 Å². The molecule has 0 aliphatic rings. The van der Waals surface area contributed by atoms with Crippen molar-refractivity contribution in [3.63, 3.8) is 0 Å². The summed E-state index contributed by atoms with van der Waals surface area (Å²) in [5.41, 5.74) is 1.40. The molecular weight excluding hydrogens is 408 g/mol. The van der Waals surface area contributed by atoms with Crippen LogP contribution < -0.4 is 9.64 Å². The average Bonchev–Trinajstić information content (AvgIpc) is 3.08. The van der Waals surface area contributed by atoms with Crippen molar-refractivity contribution in [3.8, 4) is 5.75 Å². The summed E-state index contributed by atoms with van der Waals surface area (Å²) in [5, 5.41) is 12.8. The normalized spacial score (nSPS) is 11.3. The molecule has 0 saturated carbocycles. The van der Waals surface area contributed by atoms with Crippen LogP contribution in [0.3, 0.4) is 0 Å². The van der Waals surface area contributed by atoms with Gasteiger partial charge in [-0.25, -0.2) is 9.78 Å². The molecule has 1 N–H and O–H groups in total. The van der Waals surface area contributed by atoms with Crippen LogP contribution in [0.25, 0.3) is 0 Å². The third kappa shape index (κ3) is 5.49. The van der Waals surface area contributed by atoms with E-state index in [1.807, 2.05) is 63.2 Å². The summed E-state index contributed by atoms with van der Waals surface area (Å²) in [5.74, 6) is 1.17. The first-order valence-corrected chi connectivity index (χ1v) is 10.4. The van der Waals surface area contributed by atoms with Gasteiger partial charge >= 0.3 is 6.09 Å². The number of hydrogen-bond acceptors (Lipinski definition) is 4. The van der Waals surface area contributed by atoms with Crippen LogP contribution >= 0.6 is 22.9 Å². The minimum Gasteiger partial charge on any atom is -0.489 e. The molecule has 1 aromatic heterocycles. The Morgan fingerprint density at radius 2 is 1.93 bits per heavy atom. The predicted molar refractivity (Wildman–Crippen MR) is 117 cm³/mol. The monoisotopic (exact) mass is 430 g/mol. The molecule has 1 amide bonds. The van der Waals surface area contributed by atoms with E-state index < -0.39 is 11.6 Å². The smallest absolute Gasteiger partial charge is 0.413 e. The average molecular weight is 431 g/mol. The Labute approximate surface area is 179 Å². The standard InChI is InChI=1S/C22H23ClN2O3S/c1-22(2,3)25(21(26)27)19-14-29-20(24-19)12-16-11-17(23)9-10-18(16)28-13-15-7-5-4-6-8-15/h4-11,14H,12-13H2,1-3H3,(H,26,27). The van der Waals surface area contributed by atoms with Gasteiger partial charge in [-0.15, -0.1) is 11.3 Å². The molecular formula is C22H23ClN2O3S. The number of nitrogens with zero attached hydrogens (tertiary/aromatic N) is 2. The number of hydrogen-bond donors (Lipinski definition) is 1. The van der Waals surface area contributed by atoms with Gasteiger partial charge in [0, 0.05) is 27.9 Å². The number of amides is 1. The zero-order valence-electron chi connectivity index (χ0n) is 16.6. The molecule has 3 aromatic rings. The van der Waals surface area contributed by atoms with E-state index in [-0.39, 0.29) is 0 Å². The highest BCUT2D eigenvalue weighted by molar-refractivity contribution is 7.10. The van der Waals surface area contributed by atoms with Gasteiger partial charge < -0.3 is 9.84 Å². The number of thiazole rings is 1. The number of aromatic nitrogens is 1. The van der Waals surface area contributed by atoms with Crippen molar-refractivity contribution in [1.29, 1.82) is 0 Å². The van der Waals surface area contributed by atoms with Crippen molar-refractivity contribution >= 4 is 34.8 Å². The second-order valence-electron chi connectivity index (χ2n) is 7.59. The summed E-state index contributed by atoms with van der Waals surface area (Å²) in [4.78, 5) is 17.5. The van der Waals surface area contributed by atoms with Gasteiger partial charge in [0.05, 0.1) is 5.01 Å². The van der Waals surface area contributed by atoms with Crippen LogP contribution in [0.1, 0.15) is 36.9 Å². The molecule has 0 unspecified atom stereocenters. The van der Waals surface area contributed by atoms with E-state index in [2.05, 4.69) is 4.98 Å². The van der Waals surface area contributed by atoms with E-state index in [1.165, 1.54) is 16.2 Å². The summed E-state index contributed by atoms with van der Waals surface area (Å²) >= 11 is 7.62. The zero-order chi connectivity index (χ0) is 21.0. The molecule has 0 aliphatic carbocycles. The fraction of sp³-hybridized carbons (Fsp3) is 0.273. The highest BCUT2D eigenvalue weighted by Crippen LogP contribution is 2.30. The molecule has 29 heavy (non-hydrogen) atoms. The van der Waals surface area contributed by atoms with Gasteiger partial charge in [-0.05, 0) is 44.5 Å². The largest absolute Gasteiger partial charge is 0.489 e. The molecule has 0 aliphatic heterocycles. The van der Waals surface area contributed by atoms with Crippen molar-refractivity contribution in [2.45, 2.75) is 39.3 Å². The molecule has 2 aromatic carbocycles. The van der Waals surface area contributed by atoms with E-state index in [1.54, 1.807) is 11.4 Å². The summed E-state index contributed by atoms with van der Waals surface area (Å²) < 4.78 is 6.01. The number of carbonyl (C=O) groups is 1. The van der Waals surface area contributed by atoms with Crippen molar-refractivity contribution in [1.82, 2.24) is 4.98 Å². The van der Waals surface area contributed by atoms with Gasteiger partial charge in [0.1, 0.15) is 18.2 Å². The Kier molecular flexibility index (Phi) is 6.45. The number of carboxylic acid groups (broad SMARTS) is 1. The number of benzene rings is 2. The molecule has 0 atom stereocenters. The first-order valence-electron chi connectivity index (χ1n) is 9.17. The highest BCUT2D eigenvalue weighted by atomic mass is 35.5. The van der Waals surface area contributed by atoms with E-state index in [0.29, 0.717) is 23.9 Å². The number of ether oxygens (including phenoxy) is 1. The molecule has 0 saturated heterocycles. The lowest BCUT2D eigenvalue weighted by atomic mass is 10.1. The first-order chi connectivity index (χ1) is 13.7. The second-order valence-corrected chi connectivity index (χ2v) is 8.97.